The summed E-state index contributed by atoms with van der Waals surface area (Å²) in [7, 11) is 0. The van der Waals surface area contributed by atoms with Crippen LogP contribution in [0.5, 0.6) is 0 Å². The lowest BCUT2D eigenvalue weighted by Gasteiger charge is -2.18. The number of rotatable bonds is 8. The Bertz CT molecular complexity index is 958. The second kappa shape index (κ2) is 10.9. The molecule has 2 heterocycles. The minimum Gasteiger partial charge on any atom is -0.462 e. The maximum absolute atomic E-state index is 12.6. The van der Waals surface area contributed by atoms with Crippen LogP contribution < -0.4 is 10.6 Å². The number of ether oxygens (including phenoxy) is 2. The molecular formula is C19H24N4O5S3. The van der Waals surface area contributed by atoms with Crippen molar-refractivity contribution in [2.45, 2.75) is 44.4 Å². The predicted molar refractivity (Wildman–Crippen MR) is 121 cm³/mol. The number of nitrogens with zero attached hydrogens (tertiary/aromatic N) is 2. The lowest BCUT2D eigenvalue weighted by molar-refractivity contribution is -0.113. The molecule has 1 aliphatic carbocycles. The first-order valence-corrected chi connectivity index (χ1v) is 12.5. The molecule has 9 nitrogen and oxygen atoms in total. The number of fused-ring (bicyclic) bond motifs is 1. The summed E-state index contributed by atoms with van der Waals surface area (Å²) >= 11 is 3.80. The van der Waals surface area contributed by atoms with Crippen molar-refractivity contribution in [3.63, 3.8) is 0 Å². The van der Waals surface area contributed by atoms with Crippen LogP contribution in [-0.4, -0.2) is 47.1 Å². The van der Waals surface area contributed by atoms with Gasteiger partial charge >= 0.3 is 12.1 Å². The van der Waals surface area contributed by atoms with Gasteiger partial charge in [0, 0.05) is 4.88 Å². The Hall–Kier alpha value is -2.18. The zero-order valence-electron chi connectivity index (χ0n) is 17.5. The van der Waals surface area contributed by atoms with Crippen LogP contribution in [0.1, 0.15) is 48.0 Å². The highest BCUT2D eigenvalue weighted by molar-refractivity contribution is 8.01. The van der Waals surface area contributed by atoms with Crippen LogP contribution >= 0.6 is 34.4 Å². The molecule has 0 saturated carbocycles. The van der Waals surface area contributed by atoms with Crippen molar-refractivity contribution in [2.24, 2.45) is 5.92 Å². The van der Waals surface area contributed by atoms with Crippen molar-refractivity contribution in [1.29, 1.82) is 0 Å². The average Bonchev–Trinajstić information content (AvgIpc) is 3.30. The number of aromatic nitrogens is 2. The number of hydrogen-bond acceptors (Lipinski definition) is 10. The van der Waals surface area contributed by atoms with Gasteiger partial charge in [-0.2, -0.15) is 0 Å². The zero-order chi connectivity index (χ0) is 22.4. The predicted octanol–water partition coefficient (Wildman–Crippen LogP) is 4.20. The Labute approximate surface area is 192 Å². The Morgan fingerprint density at radius 1 is 1.13 bits per heavy atom. The molecule has 1 atom stereocenters. The van der Waals surface area contributed by atoms with Crippen LogP contribution in [0.4, 0.5) is 14.9 Å². The van der Waals surface area contributed by atoms with E-state index >= 15 is 0 Å². The van der Waals surface area contributed by atoms with E-state index in [0.29, 0.717) is 26.0 Å². The molecule has 1 aliphatic rings. The molecule has 12 heteroatoms. The fourth-order valence-electron chi connectivity index (χ4n) is 3.12. The van der Waals surface area contributed by atoms with Crippen LogP contribution in [-0.2, 0) is 27.1 Å². The van der Waals surface area contributed by atoms with E-state index in [-0.39, 0.29) is 24.9 Å². The van der Waals surface area contributed by atoms with E-state index in [4.69, 9.17) is 9.47 Å². The largest absolute Gasteiger partial charge is 0.462 e. The fraction of sp³-hybridized carbons (Fsp3) is 0.526. The lowest BCUT2D eigenvalue weighted by atomic mass is 9.88. The smallest absolute Gasteiger partial charge is 0.413 e. The highest BCUT2D eigenvalue weighted by Gasteiger charge is 2.29. The molecule has 3 rings (SSSR count). The molecule has 0 aromatic carbocycles. The Kier molecular flexibility index (Phi) is 8.27. The Morgan fingerprint density at radius 3 is 2.65 bits per heavy atom. The molecule has 2 N–H and O–H groups in total. The second-order valence-electron chi connectivity index (χ2n) is 6.83. The second-order valence-corrected chi connectivity index (χ2v) is 10.1. The van der Waals surface area contributed by atoms with E-state index in [2.05, 4.69) is 27.8 Å². The van der Waals surface area contributed by atoms with E-state index in [0.717, 1.165) is 41.0 Å². The maximum Gasteiger partial charge on any atom is 0.413 e. The van der Waals surface area contributed by atoms with Crippen molar-refractivity contribution >= 4 is 62.5 Å². The van der Waals surface area contributed by atoms with E-state index in [1.165, 1.54) is 23.1 Å². The lowest BCUT2D eigenvalue weighted by Crippen LogP contribution is -2.17. The summed E-state index contributed by atoms with van der Waals surface area (Å²) < 4.78 is 10.6. The number of carbonyl (C=O) groups excluding carboxylic acids is 3. The summed E-state index contributed by atoms with van der Waals surface area (Å²) in [6.07, 6.45) is 2.12. The summed E-state index contributed by atoms with van der Waals surface area (Å²) in [5, 5.41) is 14.0. The third-order valence-corrected chi connectivity index (χ3v) is 7.60. The van der Waals surface area contributed by atoms with Crippen molar-refractivity contribution in [1.82, 2.24) is 10.2 Å². The van der Waals surface area contributed by atoms with Gasteiger partial charge in [0.1, 0.15) is 5.00 Å². The van der Waals surface area contributed by atoms with Crippen molar-refractivity contribution in [3.8, 4) is 0 Å². The van der Waals surface area contributed by atoms with Crippen molar-refractivity contribution in [3.05, 3.63) is 16.0 Å². The van der Waals surface area contributed by atoms with E-state index in [1.54, 1.807) is 13.8 Å². The number of nitrogens with one attached hydrogen (secondary N) is 2. The molecule has 2 aromatic heterocycles. The van der Waals surface area contributed by atoms with Gasteiger partial charge in [0.2, 0.25) is 11.0 Å². The minimum absolute atomic E-state index is 0.0925. The van der Waals surface area contributed by atoms with Crippen LogP contribution in [0.25, 0.3) is 0 Å². The molecule has 1 unspecified atom stereocenters. The molecule has 168 valence electrons. The van der Waals surface area contributed by atoms with Gasteiger partial charge < -0.3 is 14.8 Å². The zero-order valence-corrected chi connectivity index (χ0v) is 19.9. The van der Waals surface area contributed by atoms with E-state index in [9.17, 15) is 14.4 Å². The number of thiophene rings is 1. The van der Waals surface area contributed by atoms with Crippen LogP contribution in [0.3, 0.4) is 0 Å². The maximum atomic E-state index is 12.6. The van der Waals surface area contributed by atoms with Gasteiger partial charge in [-0.1, -0.05) is 30.0 Å². The van der Waals surface area contributed by atoms with Gasteiger partial charge in [-0.15, -0.1) is 21.5 Å². The van der Waals surface area contributed by atoms with Gasteiger partial charge in [0.05, 0.1) is 24.5 Å². The monoisotopic (exact) mass is 484 g/mol. The molecule has 2 aromatic rings. The summed E-state index contributed by atoms with van der Waals surface area (Å²) in [5.41, 5.74) is 1.49. The molecule has 0 radical (unpaired) electrons. The van der Waals surface area contributed by atoms with Gasteiger partial charge in [0.15, 0.2) is 4.34 Å². The standard InChI is InChI=1S/C19H24N4O5S3/c1-4-27-16(25)14-11-7-6-10(3)8-12(11)30-15(14)20-13(24)9-29-19-23-22-17(31-19)21-18(26)28-5-2/h10H,4-9H2,1-3H3,(H,20,24)(H,21,22,26). The molecule has 0 fully saturated rings. The molecule has 0 saturated heterocycles. The highest BCUT2D eigenvalue weighted by atomic mass is 32.2. The third kappa shape index (κ3) is 6.17. The SMILES string of the molecule is CCOC(=O)Nc1nnc(SCC(=O)Nc2sc3c(c2C(=O)OCC)CCC(C)C3)s1. The third-order valence-electron chi connectivity index (χ3n) is 4.46. The van der Waals surface area contributed by atoms with Gasteiger partial charge in [-0.05, 0) is 44.6 Å². The molecule has 2 amide bonds. The molecule has 0 spiro atoms. The van der Waals surface area contributed by atoms with Crippen LogP contribution in [0.15, 0.2) is 4.34 Å². The quantitative estimate of drug-likeness (QED) is 0.325. The molecule has 0 bridgehead atoms. The normalized spacial score (nSPS) is 15.1. The first-order valence-electron chi connectivity index (χ1n) is 9.92. The number of esters is 1. The number of hydrogen-bond donors (Lipinski definition) is 2. The van der Waals surface area contributed by atoms with E-state index < -0.39 is 12.1 Å². The molecular weight excluding hydrogens is 460 g/mol. The fourth-order valence-corrected chi connectivity index (χ4v) is 6.07. The number of anilines is 2. The Morgan fingerprint density at radius 2 is 1.90 bits per heavy atom. The highest BCUT2D eigenvalue weighted by Crippen LogP contribution is 2.40. The minimum atomic E-state index is -0.601. The van der Waals surface area contributed by atoms with Crippen molar-refractivity contribution in [2.75, 3.05) is 29.6 Å². The molecule has 0 aliphatic heterocycles. The number of thioether (sulfide) groups is 1. The number of amides is 2. The van der Waals surface area contributed by atoms with Gasteiger partial charge in [0.25, 0.3) is 0 Å². The van der Waals surface area contributed by atoms with E-state index in [1.807, 2.05) is 0 Å². The van der Waals surface area contributed by atoms with Crippen LogP contribution in [0.2, 0.25) is 0 Å². The summed E-state index contributed by atoms with van der Waals surface area (Å²) in [4.78, 5) is 37.7. The van der Waals surface area contributed by atoms with Crippen molar-refractivity contribution < 1.29 is 23.9 Å². The van der Waals surface area contributed by atoms with Gasteiger partial charge in [-0.25, -0.2) is 9.59 Å². The molecule has 31 heavy (non-hydrogen) atoms. The first-order chi connectivity index (χ1) is 14.9. The van der Waals surface area contributed by atoms with Gasteiger partial charge in [-0.3, -0.25) is 10.1 Å². The Balaban J connectivity index is 1.63. The average molecular weight is 485 g/mol. The topological polar surface area (TPSA) is 120 Å². The number of carbonyl (C=O) groups is 3. The first kappa shape index (κ1) is 23.5. The summed E-state index contributed by atoms with van der Waals surface area (Å²) in [6.45, 7) is 6.20. The van der Waals surface area contributed by atoms with Crippen LogP contribution in [0, 0.1) is 5.92 Å². The summed E-state index contributed by atoms with van der Waals surface area (Å²) in [5.74, 6) is -0.00124. The summed E-state index contributed by atoms with van der Waals surface area (Å²) in [6, 6.07) is 0.